The second kappa shape index (κ2) is 2.57. The molecular weight excluding hydrogens is 222 g/mol. The Kier molecular flexibility index (Phi) is 1.69. The number of anilines is 1. The summed E-state index contributed by atoms with van der Waals surface area (Å²) in [5.74, 6) is 0. The molecule has 3 heteroatoms. The van der Waals surface area contributed by atoms with Gasteiger partial charge in [-0.05, 0) is 17.7 Å². The third kappa shape index (κ3) is 1.30. The van der Waals surface area contributed by atoms with Crippen LogP contribution in [-0.4, -0.2) is 4.99 Å². The van der Waals surface area contributed by atoms with E-state index in [-0.39, 0.29) is 0 Å². The predicted molar refractivity (Wildman–Crippen MR) is 54.1 cm³/mol. The van der Waals surface area contributed by atoms with Crippen molar-refractivity contribution in [2.75, 3.05) is 5.32 Å². The lowest BCUT2D eigenvalue weighted by Crippen LogP contribution is -2.00. The Morgan fingerprint density at radius 2 is 2.27 bits per heavy atom. The zero-order valence-corrected chi connectivity index (χ0v) is 8.13. The first kappa shape index (κ1) is 7.25. The molecule has 1 N–H and O–H groups in total. The molecule has 1 aromatic carbocycles. The largest absolute Gasteiger partial charge is 0.349 e. The van der Waals surface area contributed by atoms with E-state index in [1.54, 1.807) is 0 Å². The van der Waals surface area contributed by atoms with Gasteiger partial charge in [0, 0.05) is 16.6 Å². The third-order valence-corrected chi connectivity index (χ3v) is 2.44. The molecule has 0 unspecified atom stereocenters. The maximum Gasteiger partial charge on any atom is 0.0842 e. The van der Waals surface area contributed by atoms with Crippen molar-refractivity contribution < 1.29 is 0 Å². The van der Waals surface area contributed by atoms with Gasteiger partial charge in [0.15, 0.2) is 0 Å². The summed E-state index contributed by atoms with van der Waals surface area (Å²) in [5.41, 5.74) is 2.43. The molecule has 1 aliphatic heterocycles. The quantitative estimate of drug-likeness (QED) is 0.685. The van der Waals surface area contributed by atoms with Crippen molar-refractivity contribution in [3.63, 3.8) is 0 Å². The van der Waals surface area contributed by atoms with Crippen molar-refractivity contribution in [2.45, 2.75) is 6.42 Å². The zero-order valence-electron chi connectivity index (χ0n) is 5.73. The van der Waals surface area contributed by atoms with Crippen LogP contribution in [0.2, 0.25) is 0 Å². The Hall–Kier alpha value is -0.410. The summed E-state index contributed by atoms with van der Waals surface area (Å²) in [4.78, 5) is 0.915. The summed E-state index contributed by atoms with van der Waals surface area (Å²) < 4.78 is 1.09. The first-order valence-corrected chi connectivity index (χ1v) is 4.54. The summed E-state index contributed by atoms with van der Waals surface area (Å²) in [7, 11) is 0. The number of hydrogen-bond donors (Lipinski definition) is 1. The Bertz CT molecular complexity index is 322. The molecule has 0 saturated carbocycles. The highest BCUT2D eigenvalue weighted by Crippen LogP contribution is 2.26. The fraction of sp³-hybridized carbons (Fsp3) is 0.125. The normalized spacial score (nSPS) is 14.5. The highest BCUT2D eigenvalue weighted by atomic mass is 79.9. The first-order chi connectivity index (χ1) is 5.25. The lowest BCUT2D eigenvalue weighted by atomic mass is 10.2. The van der Waals surface area contributed by atoms with E-state index in [1.165, 1.54) is 5.56 Å². The summed E-state index contributed by atoms with van der Waals surface area (Å²) in [5, 5.41) is 3.14. The van der Waals surface area contributed by atoms with Gasteiger partial charge in [0.25, 0.3) is 0 Å². The number of hydrogen-bond acceptors (Lipinski definition) is 1. The molecule has 11 heavy (non-hydrogen) atoms. The average Bonchev–Trinajstić information content (AvgIpc) is 2.27. The molecule has 0 spiro atoms. The maximum absolute atomic E-state index is 5.04. The van der Waals surface area contributed by atoms with Gasteiger partial charge in [-0.2, -0.15) is 0 Å². The summed E-state index contributed by atoms with van der Waals surface area (Å²) in [6, 6.07) is 6.18. The van der Waals surface area contributed by atoms with Gasteiger partial charge in [0.1, 0.15) is 0 Å². The number of rotatable bonds is 0. The number of nitrogens with one attached hydrogen (secondary N) is 1. The van der Waals surface area contributed by atoms with E-state index in [0.717, 1.165) is 21.6 Å². The zero-order chi connectivity index (χ0) is 7.84. The lowest BCUT2D eigenvalue weighted by molar-refractivity contribution is 1.42. The Morgan fingerprint density at radius 3 is 3.09 bits per heavy atom. The van der Waals surface area contributed by atoms with Crippen LogP contribution in [0.1, 0.15) is 5.56 Å². The van der Waals surface area contributed by atoms with Gasteiger partial charge >= 0.3 is 0 Å². The van der Waals surface area contributed by atoms with Gasteiger partial charge in [-0.25, -0.2) is 0 Å². The van der Waals surface area contributed by atoms with Crippen LogP contribution >= 0.6 is 28.1 Å². The molecule has 0 bridgehead atoms. The monoisotopic (exact) mass is 227 g/mol. The van der Waals surface area contributed by atoms with Crippen LogP contribution in [-0.2, 0) is 6.42 Å². The Balaban J connectivity index is 2.51. The van der Waals surface area contributed by atoms with Crippen molar-refractivity contribution in [3.8, 4) is 0 Å². The van der Waals surface area contributed by atoms with Crippen molar-refractivity contribution >= 4 is 38.8 Å². The Morgan fingerprint density at radius 1 is 1.45 bits per heavy atom. The van der Waals surface area contributed by atoms with Gasteiger partial charge in [-0.15, -0.1) is 0 Å². The minimum atomic E-state index is 0.887. The summed E-state index contributed by atoms with van der Waals surface area (Å²) >= 11 is 8.44. The fourth-order valence-electron chi connectivity index (χ4n) is 1.19. The van der Waals surface area contributed by atoms with Crippen LogP contribution in [0.4, 0.5) is 5.69 Å². The molecule has 1 nitrogen and oxygen atoms in total. The smallest absolute Gasteiger partial charge is 0.0842 e. The van der Waals surface area contributed by atoms with E-state index in [1.807, 2.05) is 6.07 Å². The Labute approximate surface area is 78.9 Å². The minimum absolute atomic E-state index is 0.887. The highest BCUT2D eigenvalue weighted by molar-refractivity contribution is 9.10. The van der Waals surface area contributed by atoms with Crippen LogP contribution in [0.15, 0.2) is 22.7 Å². The van der Waals surface area contributed by atoms with Crippen molar-refractivity contribution in [3.05, 3.63) is 28.2 Å². The van der Waals surface area contributed by atoms with Gasteiger partial charge in [0.05, 0.1) is 4.99 Å². The summed E-state index contributed by atoms with van der Waals surface area (Å²) in [6.45, 7) is 0. The average molecular weight is 228 g/mol. The van der Waals surface area contributed by atoms with Gasteiger partial charge < -0.3 is 5.32 Å². The van der Waals surface area contributed by atoms with E-state index >= 15 is 0 Å². The molecule has 0 radical (unpaired) electrons. The second-order valence-electron chi connectivity index (χ2n) is 2.53. The van der Waals surface area contributed by atoms with E-state index in [0.29, 0.717) is 0 Å². The molecule has 0 saturated heterocycles. The number of fused-ring (bicyclic) bond motifs is 1. The maximum atomic E-state index is 5.04. The topological polar surface area (TPSA) is 12.0 Å². The summed E-state index contributed by atoms with van der Waals surface area (Å²) in [6.07, 6.45) is 0.887. The number of halogens is 1. The number of thiocarbonyl (C=S) groups is 1. The molecule has 0 aliphatic carbocycles. The molecule has 56 valence electrons. The van der Waals surface area contributed by atoms with Crippen molar-refractivity contribution in [1.29, 1.82) is 0 Å². The minimum Gasteiger partial charge on any atom is -0.349 e. The van der Waals surface area contributed by atoms with Gasteiger partial charge in [0.2, 0.25) is 0 Å². The van der Waals surface area contributed by atoms with Crippen LogP contribution in [0.5, 0.6) is 0 Å². The lowest BCUT2D eigenvalue weighted by Gasteiger charge is -1.97. The number of benzene rings is 1. The molecule has 1 heterocycles. The van der Waals surface area contributed by atoms with Gasteiger partial charge in [-0.1, -0.05) is 34.2 Å². The second-order valence-corrected chi connectivity index (χ2v) is 3.93. The first-order valence-electron chi connectivity index (χ1n) is 3.34. The van der Waals surface area contributed by atoms with Crippen molar-refractivity contribution in [2.24, 2.45) is 0 Å². The fourth-order valence-corrected chi connectivity index (χ4v) is 1.81. The molecule has 2 rings (SSSR count). The van der Waals surface area contributed by atoms with E-state index < -0.39 is 0 Å². The van der Waals surface area contributed by atoms with Gasteiger partial charge in [-0.3, -0.25) is 0 Å². The molecular formula is C8H6BrNS. The standard InChI is InChI=1S/C8H6BrNS/c9-6-2-1-5-3-8(11)10-7(5)4-6/h1-2,4H,3H2,(H,10,11). The molecule has 0 atom stereocenters. The third-order valence-electron chi connectivity index (χ3n) is 1.70. The van der Waals surface area contributed by atoms with E-state index in [4.69, 9.17) is 12.2 Å². The predicted octanol–water partition coefficient (Wildman–Crippen LogP) is 2.74. The molecule has 1 aromatic rings. The molecule has 1 aliphatic rings. The van der Waals surface area contributed by atoms with Crippen molar-refractivity contribution in [1.82, 2.24) is 0 Å². The molecule has 0 aromatic heterocycles. The van der Waals surface area contributed by atoms with Crippen LogP contribution in [0.3, 0.4) is 0 Å². The van der Waals surface area contributed by atoms with Crippen LogP contribution in [0.25, 0.3) is 0 Å². The van der Waals surface area contributed by atoms with E-state index in [2.05, 4.69) is 33.4 Å². The van der Waals surface area contributed by atoms with E-state index in [9.17, 15) is 0 Å². The van der Waals surface area contributed by atoms with Crippen LogP contribution in [0, 0.1) is 0 Å². The SMILES string of the molecule is S=C1Cc2ccc(Br)cc2N1. The molecule has 0 fully saturated rings. The highest BCUT2D eigenvalue weighted by Gasteiger charge is 2.13. The molecule has 0 amide bonds. The van der Waals surface area contributed by atoms with Crippen LogP contribution < -0.4 is 5.32 Å².